The number of nitrogens with one attached hydrogen (secondary N) is 1. The van der Waals surface area contributed by atoms with Gasteiger partial charge in [0.1, 0.15) is 22.5 Å². The third-order valence-electron chi connectivity index (χ3n) is 14.9. The van der Waals surface area contributed by atoms with E-state index in [2.05, 4.69) is 5.32 Å². The van der Waals surface area contributed by atoms with Crippen molar-refractivity contribution < 1.29 is 156 Å². The second-order valence-corrected chi connectivity index (χ2v) is 27.4. The number of carbonyl (C=O) groups is 3. The molecule has 0 fully saturated rings. The number of amides is 1. The van der Waals surface area contributed by atoms with Crippen LogP contribution in [-0.4, -0.2) is 113 Å². The molecule has 1 unspecified atom stereocenters. The average Bonchev–Trinajstić information content (AvgIpc) is 1.61. The van der Waals surface area contributed by atoms with E-state index in [1.807, 2.05) is 109 Å². The Balaban J connectivity index is 0.00000528. The minimum absolute atomic E-state index is 0. The molecule has 7 rings (SSSR count). The minimum Gasteiger partial charge on any atom is -0.748 e. The Morgan fingerprint density at radius 2 is 1.33 bits per heavy atom. The van der Waals surface area contributed by atoms with Crippen molar-refractivity contribution in [1.29, 1.82) is 0 Å². The van der Waals surface area contributed by atoms with Crippen molar-refractivity contribution in [2.75, 3.05) is 51.1 Å². The van der Waals surface area contributed by atoms with Crippen LogP contribution in [0.3, 0.4) is 0 Å². The van der Waals surface area contributed by atoms with Crippen LogP contribution in [0.15, 0.2) is 173 Å². The zero-order valence-electron chi connectivity index (χ0n) is 50.0. The number of fused-ring (bicyclic) bond motifs is 2. The van der Waals surface area contributed by atoms with Gasteiger partial charge in [0.25, 0.3) is 16.0 Å². The number of hydrogen-bond donors (Lipinski definition) is 2. The van der Waals surface area contributed by atoms with Crippen LogP contribution in [0.1, 0.15) is 104 Å². The van der Waals surface area contributed by atoms with Crippen molar-refractivity contribution in [3.05, 3.63) is 186 Å². The van der Waals surface area contributed by atoms with E-state index in [-0.39, 0.29) is 131 Å². The van der Waals surface area contributed by atoms with Crippen LogP contribution in [0.5, 0.6) is 0 Å². The number of ketones is 1. The predicted molar refractivity (Wildman–Crippen MR) is 321 cm³/mol. The summed E-state index contributed by atoms with van der Waals surface area (Å²) in [5, 5.41) is 5.60. The number of allylic oxidation sites excluding steroid dienone is 8. The number of anilines is 1. The second kappa shape index (κ2) is 33.4. The number of nitrogens with zero attached hydrogens (tertiary/aromatic N) is 2. The van der Waals surface area contributed by atoms with Crippen molar-refractivity contribution in [3.8, 4) is 0 Å². The van der Waals surface area contributed by atoms with Crippen LogP contribution in [0.25, 0.3) is 0 Å². The van der Waals surface area contributed by atoms with Crippen LogP contribution in [0.4, 0.5) is 11.4 Å². The van der Waals surface area contributed by atoms with E-state index >= 15 is 0 Å². The van der Waals surface area contributed by atoms with E-state index in [9.17, 15) is 53.3 Å². The van der Waals surface area contributed by atoms with Crippen molar-refractivity contribution in [3.63, 3.8) is 0 Å². The molecule has 5 aromatic carbocycles. The number of rotatable bonds is 28. The molecule has 2 N–H and O–H groups in total. The molecule has 0 aliphatic carbocycles. The van der Waals surface area contributed by atoms with Crippen molar-refractivity contribution in [2.45, 2.75) is 92.8 Å². The van der Waals surface area contributed by atoms with E-state index < -0.39 is 65.7 Å². The third kappa shape index (κ3) is 19.2. The topological polar surface area (TPSA) is 257 Å². The van der Waals surface area contributed by atoms with Gasteiger partial charge in [0.15, 0.2) is 12.3 Å². The largest absolute Gasteiger partial charge is 1.00 e. The van der Waals surface area contributed by atoms with Gasteiger partial charge in [-0.25, -0.2) is 21.6 Å². The standard InChI is InChI=1S/C62H70N3O14PS3.3Na/c1-61(2)52-43-49(82(72,73)74)31-34-54(52)65(39-40-78-4)57(61)28-17-7-6-8-18-29-58-62(3,36-21-41-81(69,70)71)53-44-50(83(75,76)77)32-35-55(53)64(58)38-19-11-12-22-46(66)23-20-37-63-59(67)45-30-33-51(60(68)79-5)56(42-45)80(47-24-13-9-14-25-47)48-26-15-10-16-27-48;;;/h6-10,13-18,24-35,42-44H,11-12,19-23,36-41H2,1-5H3,(H3-,63,67,69,70,71,72,73,74,75,76,77);;;/q;3*+1/p-1. The van der Waals surface area contributed by atoms with Gasteiger partial charge in [0, 0.05) is 84.2 Å². The molecular formula is C62H69N3Na3O14PS3+2. The smallest absolute Gasteiger partial charge is 0.748 e. The van der Waals surface area contributed by atoms with Crippen molar-refractivity contribution >= 4 is 88.9 Å². The Bertz CT molecular complexity index is 3690. The summed E-state index contributed by atoms with van der Waals surface area (Å²) >= 11 is 0. The number of hydrogen-bond acceptors (Lipinski definition) is 14. The summed E-state index contributed by atoms with van der Waals surface area (Å²) in [5.74, 6) is -1.48. The Kier molecular flexibility index (Phi) is 29.0. The summed E-state index contributed by atoms with van der Waals surface area (Å²) in [6.45, 7) is 7.26. The first-order chi connectivity index (χ1) is 39.4. The van der Waals surface area contributed by atoms with Crippen LogP contribution in [-0.2, 0) is 55.5 Å². The summed E-state index contributed by atoms with van der Waals surface area (Å²) in [7, 11) is -12.3. The first-order valence-electron chi connectivity index (χ1n) is 27.1. The molecular weight excluding hydrogens is 1210 g/mol. The van der Waals surface area contributed by atoms with Gasteiger partial charge in [-0.3, -0.25) is 14.1 Å². The molecule has 0 spiro atoms. The minimum atomic E-state index is -4.89. The molecule has 0 saturated heterocycles. The molecule has 1 amide bonds. The third-order valence-corrected chi connectivity index (χ3v) is 19.8. The maximum absolute atomic E-state index is 13.6. The molecule has 86 heavy (non-hydrogen) atoms. The normalized spacial score (nSPS) is 16.1. The zero-order valence-corrected chi connectivity index (χ0v) is 59.4. The summed E-state index contributed by atoms with van der Waals surface area (Å²) in [6, 6.07) is 33.2. The van der Waals surface area contributed by atoms with Gasteiger partial charge in [0.2, 0.25) is 5.69 Å². The van der Waals surface area contributed by atoms with Gasteiger partial charge in [-0.2, -0.15) is 13.0 Å². The SMILES string of the molecule is COCC[N+]1=C(/C=C/C=C/C=C/C=C2/N(CCCCCC(=O)CCCNC(=O)c3ccc(C(=O)OC)c(P(c4ccccc4)c4ccccc4)c3)c3ccc(S(=O)(=O)[O-])cc3C2(C)CCCS(=O)(=O)[O-])C(C)(C)c2cc(S(=O)(=O)O)ccc21.[Na+].[Na+].[Na+]. The number of ether oxygens (including phenoxy) is 2. The summed E-state index contributed by atoms with van der Waals surface area (Å²) in [5.41, 5.74) is 3.19. The van der Waals surface area contributed by atoms with Gasteiger partial charge in [0.05, 0.1) is 38.0 Å². The fourth-order valence-corrected chi connectivity index (χ4v) is 14.7. The van der Waals surface area contributed by atoms with E-state index in [1.54, 1.807) is 61.7 Å². The average molecular weight is 1280 g/mol. The van der Waals surface area contributed by atoms with Gasteiger partial charge >= 0.3 is 94.6 Å². The molecule has 2 aliphatic heterocycles. The monoisotopic (exact) mass is 1280 g/mol. The summed E-state index contributed by atoms with van der Waals surface area (Å²) in [4.78, 5) is 41.1. The zero-order chi connectivity index (χ0) is 60.2. The van der Waals surface area contributed by atoms with Gasteiger partial charge in [-0.05, 0) is 132 Å². The molecule has 2 aliphatic rings. The maximum atomic E-state index is 13.6. The number of Topliss-reactive ketones (excluding diaryl/α,β-unsaturated/α-hetero) is 1. The number of methoxy groups -OCH3 is 2. The number of carbonyl (C=O) groups excluding carboxylic acids is 3. The van der Waals surface area contributed by atoms with Crippen LogP contribution in [0.2, 0.25) is 0 Å². The molecule has 0 radical (unpaired) electrons. The molecule has 0 bridgehead atoms. The fourth-order valence-electron chi connectivity index (χ4n) is 10.7. The van der Waals surface area contributed by atoms with Crippen LogP contribution in [0, 0.1) is 0 Å². The molecule has 1 atom stereocenters. The molecule has 0 aromatic heterocycles. The van der Waals surface area contributed by atoms with Crippen molar-refractivity contribution in [1.82, 2.24) is 5.32 Å². The molecule has 0 saturated carbocycles. The van der Waals surface area contributed by atoms with Crippen LogP contribution < -0.4 is 115 Å². The number of unbranched alkanes of at least 4 members (excludes halogenated alkanes) is 2. The number of esters is 1. The van der Waals surface area contributed by atoms with Crippen molar-refractivity contribution in [2.24, 2.45) is 0 Å². The first kappa shape index (κ1) is 74.7. The van der Waals surface area contributed by atoms with E-state index in [0.29, 0.717) is 85.2 Å². The van der Waals surface area contributed by atoms with E-state index in [0.717, 1.165) is 27.6 Å². The summed E-state index contributed by atoms with van der Waals surface area (Å²) in [6.07, 6.45) is 15.6. The Morgan fingerprint density at radius 3 is 1.94 bits per heavy atom. The van der Waals surface area contributed by atoms with Gasteiger partial charge in [-0.1, -0.05) is 97.5 Å². The molecule has 2 heterocycles. The Labute approximate surface area is 573 Å². The maximum Gasteiger partial charge on any atom is 1.00 e. The Hall–Kier alpha value is -3.74. The second-order valence-electron chi connectivity index (χ2n) is 20.9. The molecule has 17 nitrogen and oxygen atoms in total. The molecule has 24 heteroatoms. The number of benzene rings is 5. The predicted octanol–water partition coefficient (Wildman–Crippen LogP) is -0.588. The van der Waals surface area contributed by atoms with Crippen LogP contribution >= 0.6 is 7.92 Å². The van der Waals surface area contributed by atoms with Gasteiger partial charge < -0.3 is 28.8 Å². The quantitative estimate of drug-likeness (QED) is 0.0121. The first-order valence-corrected chi connectivity index (χ1v) is 32.9. The van der Waals surface area contributed by atoms with Gasteiger partial charge in [-0.15, -0.1) is 0 Å². The van der Waals surface area contributed by atoms with E-state index in [4.69, 9.17) is 9.47 Å². The molecule has 440 valence electrons. The summed E-state index contributed by atoms with van der Waals surface area (Å²) < 4.78 is 119. The molecule has 5 aromatic rings. The Morgan fingerprint density at radius 1 is 0.709 bits per heavy atom. The van der Waals surface area contributed by atoms with E-state index in [1.165, 1.54) is 31.4 Å². The fraction of sp³-hybridized carbons (Fsp3) is 0.323.